The Morgan fingerprint density at radius 2 is 2.12 bits per heavy atom. The van der Waals surface area contributed by atoms with Gasteiger partial charge in [0.1, 0.15) is 0 Å². The van der Waals surface area contributed by atoms with E-state index >= 15 is 0 Å². The van der Waals surface area contributed by atoms with Gasteiger partial charge in [-0.3, -0.25) is 4.68 Å². The molecule has 0 atom stereocenters. The van der Waals surface area contributed by atoms with Gasteiger partial charge in [-0.25, -0.2) is 9.97 Å². The van der Waals surface area contributed by atoms with Crippen LogP contribution in [0.15, 0.2) is 41.1 Å². The molecule has 17 heavy (non-hydrogen) atoms. The van der Waals surface area contributed by atoms with Crippen LogP contribution in [0.1, 0.15) is 0 Å². The summed E-state index contributed by atoms with van der Waals surface area (Å²) in [6, 6.07) is 7.93. The van der Waals surface area contributed by atoms with Crippen LogP contribution >= 0.6 is 15.9 Å². The molecule has 3 aromatic rings. The number of hydrogen-bond donors (Lipinski definition) is 0. The molecule has 2 aromatic heterocycles. The number of aryl methyl sites for hydroxylation is 1. The highest BCUT2D eigenvalue weighted by atomic mass is 79.9. The zero-order chi connectivity index (χ0) is 11.8. The summed E-state index contributed by atoms with van der Waals surface area (Å²) in [4.78, 5) is 8.86. The van der Waals surface area contributed by atoms with Crippen LogP contribution in [0, 0.1) is 0 Å². The summed E-state index contributed by atoms with van der Waals surface area (Å²) >= 11 is 3.44. The lowest BCUT2D eigenvalue weighted by molar-refractivity contribution is 0.786. The fraction of sp³-hybridized carbons (Fsp3) is 0.0833. The molecular weight excluding hydrogens is 280 g/mol. The van der Waals surface area contributed by atoms with Gasteiger partial charge >= 0.3 is 0 Å². The van der Waals surface area contributed by atoms with E-state index in [9.17, 15) is 0 Å². The molecule has 0 aliphatic carbocycles. The van der Waals surface area contributed by atoms with E-state index in [1.807, 2.05) is 31.3 Å². The Morgan fingerprint density at radius 1 is 1.24 bits per heavy atom. The van der Waals surface area contributed by atoms with Gasteiger partial charge in [-0.05, 0) is 12.1 Å². The largest absolute Gasteiger partial charge is 0.250 e. The van der Waals surface area contributed by atoms with Crippen molar-refractivity contribution in [2.75, 3.05) is 0 Å². The van der Waals surface area contributed by atoms with E-state index in [-0.39, 0.29) is 0 Å². The smallest absolute Gasteiger partial charge is 0.161 e. The lowest BCUT2D eigenvalue weighted by Gasteiger charge is -2.01. The summed E-state index contributed by atoms with van der Waals surface area (Å²) < 4.78 is 2.77. The van der Waals surface area contributed by atoms with Crippen LogP contribution in [0.25, 0.3) is 22.4 Å². The maximum absolute atomic E-state index is 4.51. The number of aromatic nitrogens is 4. The van der Waals surface area contributed by atoms with E-state index in [0.717, 1.165) is 21.1 Å². The van der Waals surface area contributed by atoms with Gasteiger partial charge in [0.05, 0.1) is 11.6 Å². The monoisotopic (exact) mass is 288 g/mol. The number of nitrogens with zero attached hydrogens (tertiary/aromatic N) is 4. The van der Waals surface area contributed by atoms with Gasteiger partial charge in [-0.1, -0.05) is 28.1 Å². The quantitative estimate of drug-likeness (QED) is 0.692. The first-order valence-electron chi connectivity index (χ1n) is 5.15. The molecule has 0 radical (unpaired) electrons. The first-order chi connectivity index (χ1) is 8.24. The van der Waals surface area contributed by atoms with Crippen molar-refractivity contribution >= 4 is 27.0 Å². The third-order valence-electron chi connectivity index (χ3n) is 2.56. The molecule has 0 aliphatic rings. The van der Waals surface area contributed by atoms with Crippen LogP contribution in [0.2, 0.25) is 0 Å². The molecule has 0 unspecified atom stereocenters. The summed E-state index contributed by atoms with van der Waals surface area (Å²) in [6.07, 6.45) is 3.56. The molecular formula is C12H9BrN4. The summed E-state index contributed by atoms with van der Waals surface area (Å²) in [6.45, 7) is 0. The molecule has 0 amide bonds. The molecule has 5 heteroatoms. The first kappa shape index (κ1) is 10.4. The number of fused-ring (bicyclic) bond motifs is 1. The van der Waals surface area contributed by atoms with Crippen molar-refractivity contribution in [2.45, 2.75) is 0 Å². The Labute approximate surface area is 106 Å². The predicted octanol–water partition coefficient (Wildman–Crippen LogP) is 2.79. The maximum Gasteiger partial charge on any atom is 0.161 e. The highest BCUT2D eigenvalue weighted by Crippen LogP contribution is 2.21. The second-order valence-corrected chi connectivity index (χ2v) is 4.67. The number of benzene rings is 1. The van der Waals surface area contributed by atoms with Gasteiger partial charge in [-0.2, -0.15) is 5.10 Å². The van der Waals surface area contributed by atoms with Crippen LogP contribution in [-0.2, 0) is 7.05 Å². The van der Waals surface area contributed by atoms with Gasteiger partial charge < -0.3 is 0 Å². The fourth-order valence-corrected chi connectivity index (χ4v) is 2.10. The summed E-state index contributed by atoms with van der Waals surface area (Å²) in [5.41, 5.74) is 1.83. The van der Waals surface area contributed by atoms with Crippen LogP contribution in [0.3, 0.4) is 0 Å². The molecule has 1 aromatic carbocycles. The molecule has 0 N–H and O–H groups in total. The number of rotatable bonds is 1. The molecule has 0 saturated carbocycles. The Balaban J connectivity index is 2.20. The molecule has 0 saturated heterocycles. The third-order valence-corrected chi connectivity index (χ3v) is 3.05. The van der Waals surface area contributed by atoms with Gasteiger partial charge in [0.2, 0.25) is 0 Å². The van der Waals surface area contributed by atoms with E-state index in [2.05, 4.69) is 31.0 Å². The van der Waals surface area contributed by atoms with Gasteiger partial charge in [0, 0.05) is 23.3 Å². The minimum atomic E-state index is 0.711. The van der Waals surface area contributed by atoms with E-state index in [4.69, 9.17) is 0 Å². The van der Waals surface area contributed by atoms with E-state index < -0.39 is 0 Å². The zero-order valence-electron chi connectivity index (χ0n) is 9.13. The topological polar surface area (TPSA) is 43.6 Å². The second-order valence-electron chi connectivity index (χ2n) is 3.75. The van der Waals surface area contributed by atoms with Crippen molar-refractivity contribution in [2.24, 2.45) is 7.05 Å². The van der Waals surface area contributed by atoms with Crippen molar-refractivity contribution in [3.05, 3.63) is 41.1 Å². The summed E-state index contributed by atoms with van der Waals surface area (Å²) in [5.74, 6) is 0.711. The van der Waals surface area contributed by atoms with Gasteiger partial charge in [-0.15, -0.1) is 0 Å². The van der Waals surface area contributed by atoms with Crippen LogP contribution in [-0.4, -0.2) is 19.7 Å². The van der Waals surface area contributed by atoms with Crippen molar-refractivity contribution in [3.8, 4) is 11.4 Å². The standard InChI is InChI=1S/C12H9BrN4/c1-17-12-9(7-15-17)6-14-11(16-12)8-3-2-4-10(13)5-8/h2-7H,1H3. The van der Waals surface area contributed by atoms with Gasteiger partial charge in [0.15, 0.2) is 11.5 Å². The molecule has 2 heterocycles. The molecule has 84 valence electrons. The Bertz CT molecular complexity index is 690. The lowest BCUT2D eigenvalue weighted by atomic mass is 10.2. The van der Waals surface area contributed by atoms with E-state index in [1.165, 1.54) is 0 Å². The fourth-order valence-electron chi connectivity index (χ4n) is 1.70. The molecule has 0 fully saturated rings. The normalized spacial score (nSPS) is 10.9. The van der Waals surface area contributed by atoms with E-state index in [1.54, 1.807) is 17.1 Å². The number of hydrogen-bond acceptors (Lipinski definition) is 3. The number of halogens is 1. The highest BCUT2D eigenvalue weighted by Gasteiger charge is 2.06. The predicted molar refractivity (Wildman–Crippen MR) is 69.4 cm³/mol. The van der Waals surface area contributed by atoms with Crippen molar-refractivity contribution in [1.29, 1.82) is 0 Å². The lowest BCUT2D eigenvalue weighted by Crippen LogP contribution is -1.95. The van der Waals surface area contributed by atoms with Crippen LogP contribution < -0.4 is 0 Å². The molecule has 4 nitrogen and oxygen atoms in total. The molecule has 3 rings (SSSR count). The van der Waals surface area contributed by atoms with E-state index in [0.29, 0.717) is 5.82 Å². The average molecular weight is 289 g/mol. The molecule has 0 spiro atoms. The summed E-state index contributed by atoms with van der Waals surface area (Å²) in [5, 5.41) is 5.10. The van der Waals surface area contributed by atoms with Crippen LogP contribution in [0.4, 0.5) is 0 Å². The SMILES string of the molecule is Cn1ncc2cnc(-c3cccc(Br)c3)nc21. The van der Waals surface area contributed by atoms with Crippen molar-refractivity contribution < 1.29 is 0 Å². The van der Waals surface area contributed by atoms with Gasteiger partial charge in [0.25, 0.3) is 0 Å². The Kier molecular flexibility index (Phi) is 2.40. The van der Waals surface area contributed by atoms with Crippen molar-refractivity contribution in [1.82, 2.24) is 19.7 Å². The maximum atomic E-state index is 4.51. The zero-order valence-corrected chi connectivity index (χ0v) is 10.7. The minimum Gasteiger partial charge on any atom is -0.250 e. The molecule has 0 aliphatic heterocycles. The highest BCUT2D eigenvalue weighted by molar-refractivity contribution is 9.10. The minimum absolute atomic E-state index is 0.711. The summed E-state index contributed by atoms with van der Waals surface area (Å²) in [7, 11) is 1.88. The molecule has 0 bridgehead atoms. The first-order valence-corrected chi connectivity index (χ1v) is 5.94. The average Bonchev–Trinajstić information content (AvgIpc) is 2.71. The Morgan fingerprint density at radius 3 is 2.94 bits per heavy atom. The van der Waals surface area contributed by atoms with Crippen molar-refractivity contribution in [3.63, 3.8) is 0 Å². The second kappa shape index (κ2) is 3.92. The third kappa shape index (κ3) is 1.82. The van der Waals surface area contributed by atoms with Crippen LogP contribution in [0.5, 0.6) is 0 Å². The Hall–Kier alpha value is -1.75.